The molecule has 0 aromatic rings. The van der Waals surface area contributed by atoms with Crippen LogP contribution in [0.15, 0.2) is 109 Å². The van der Waals surface area contributed by atoms with Crippen LogP contribution in [0, 0.1) is 0 Å². The van der Waals surface area contributed by atoms with Gasteiger partial charge in [-0.15, -0.1) is 0 Å². The maximum atomic E-state index is 13.2. The summed E-state index contributed by atoms with van der Waals surface area (Å²) in [5, 5.41) is 31.6. The van der Waals surface area contributed by atoms with Gasteiger partial charge in [0.1, 0.15) is 18.8 Å². The number of esters is 3. The van der Waals surface area contributed by atoms with E-state index >= 15 is 0 Å². The van der Waals surface area contributed by atoms with Gasteiger partial charge < -0.3 is 39.0 Å². The van der Waals surface area contributed by atoms with Crippen molar-refractivity contribution in [2.24, 2.45) is 0 Å². The van der Waals surface area contributed by atoms with Crippen molar-refractivity contribution >= 4 is 23.9 Å². The molecule has 0 aromatic heterocycles. The molecular formula is C73H120O12. The lowest BCUT2D eigenvalue weighted by Crippen LogP contribution is -2.61. The quantitative estimate of drug-likeness (QED) is 0.0228. The molecule has 1 saturated heterocycles. The van der Waals surface area contributed by atoms with E-state index in [9.17, 15) is 34.5 Å². The molecule has 484 valence electrons. The summed E-state index contributed by atoms with van der Waals surface area (Å²) in [6, 6.07) is 0. The zero-order valence-electron chi connectivity index (χ0n) is 53.6. The van der Waals surface area contributed by atoms with Crippen LogP contribution in [0.1, 0.15) is 278 Å². The van der Waals surface area contributed by atoms with Crippen molar-refractivity contribution in [3.8, 4) is 0 Å². The second-order valence-electron chi connectivity index (χ2n) is 22.7. The third-order valence-electron chi connectivity index (χ3n) is 14.8. The average molecular weight is 1190 g/mol. The summed E-state index contributed by atoms with van der Waals surface area (Å²) in [7, 11) is 0. The maximum Gasteiger partial charge on any atom is 0.335 e. The van der Waals surface area contributed by atoms with Crippen molar-refractivity contribution in [2.75, 3.05) is 13.2 Å². The fourth-order valence-electron chi connectivity index (χ4n) is 9.64. The molecule has 0 radical (unpaired) electrons. The van der Waals surface area contributed by atoms with Crippen LogP contribution >= 0.6 is 0 Å². The van der Waals surface area contributed by atoms with Crippen LogP contribution in [0.2, 0.25) is 0 Å². The standard InChI is InChI=1S/C73H120O12/c1-4-7-10-13-16-19-22-25-28-31-33-36-38-41-44-47-50-53-56-59-65(74)81-62-64(83-66(75)60-57-54-51-48-45-42-39-35-30-27-24-21-18-15-12-9-6-3)63-82-73-71(69(78)68(77)70(85-73)72(79)80)84-67(76)61-58-55-52-49-46-43-40-37-34-32-29-26-23-20-17-14-11-8-5-2/h9,12,17-18,20-21,25-30,34,37,39,42,48,51,64,68-71,73,77-78H,4-8,10-11,13-16,19,22-24,31-33,35-36,38,40-41,43-47,49-50,52-63H2,1-3H3,(H,79,80)/b12-9-,20-17-,21-18-,28-25-,29-26-,30-27-,37-34-,42-39-,51-48-. The van der Waals surface area contributed by atoms with Gasteiger partial charge in [-0.3, -0.25) is 14.4 Å². The highest BCUT2D eigenvalue weighted by molar-refractivity contribution is 5.74. The van der Waals surface area contributed by atoms with E-state index in [1.165, 1.54) is 103 Å². The van der Waals surface area contributed by atoms with E-state index in [0.717, 1.165) is 109 Å². The predicted octanol–water partition coefficient (Wildman–Crippen LogP) is 18.6. The number of aliphatic hydroxyl groups excluding tert-OH is 2. The molecule has 6 atom stereocenters. The molecule has 85 heavy (non-hydrogen) atoms. The monoisotopic (exact) mass is 1190 g/mol. The van der Waals surface area contributed by atoms with Gasteiger partial charge in [0.2, 0.25) is 0 Å². The van der Waals surface area contributed by atoms with E-state index in [-0.39, 0.29) is 25.9 Å². The average Bonchev–Trinajstić information content (AvgIpc) is 3.53. The summed E-state index contributed by atoms with van der Waals surface area (Å²) in [4.78, 5) is 51.4. The Bertz CT molecular complexity index is 1890. The van der Waals surface area contributed by atoms with Gasteiger partial charge in [-0.2, -0.15) is 0 Å². The molecule has 1 aliphatic heterocycles. The highest BCUT2D eigenvalue weighted by Crippen LogP contribution is 2.26. The normalized spacial score (nSPS) is 18.2. The molecule has 0 spiro atoms. The summed E-state index contributed by atoms with van der Waals surface area (Å²) < 4.78 is 28.5. The minimum absolute atomic E-state index is 0.0345. The zero-order chi connectivity index (χ0) is 61.7. The van der Waals surface area contributed by atoms with Crippen molar-refractivity contribution in [3.05, 3.63) is 109 Å². The molecule has 0 amide bonds. The van der Waals surface area contributed by atoms with Gasteiger partial charge in [0.05, 0.1) is 6.61 Å². The van der Waals surface area contributed by atoms with E-state index in [1.54, 1.807) is 0 Å². The molecule has 0 aromatic carbocycles. The maximum absolute atomic E-state index is 13.2. The number of carbonyl (C=O) groups excluding carboxylic acids is 3. The Kier molecular flexibility index (Phi) is 55.1. The molecule has 6 unspecified atom stereocenters. The Morgan fingerprint density at radius 3 is 1.20 bits per heavy atom. The van der Waals surface area contributed by atoms with Gasteiger partial charge in [-0.1, -0.05) is 246 Å². The number of carboxylic acids is 1. The molecule has 1 fully saturated rings. The lowest BCUT2D eigenvalue weighted by Gasteiger charge is -2.40. The van der Waals surface area contributed by atoms with Crippen LogP contribution in [0.3, 0.4) is 0 Å². The highest BCUT2D eigenvalue weighted by atomic mass is 16.7. The van der Waals surface area contributed by atoms with Crippen LogP contribution in [0.25, 0.3) is 0 Å². The number of hydrogen-bond donors (Lipinski definition) is 3. The Balaban J connectivity index is 2.69. The summed E-state index contributed by atoms with van der Waals surface area (Å²) in [5.74, 6) is -3.22. The molecule has 1 heterocycles. The number of hydrogen-bond acceptors (Lipinski definition) is 11. The van der Waals surface area contributed by atoms with E-state index in [0.29, 0.717) is 25.7 Å². The first kappa shape index (κ1) is 78.4. The number of unbranched alkanes of at least 4 members (excludes halogenated alkanes) is 25. The first-order valence-electron chi connectivity index (χ1n) is 33.9. The van der Waals surface area contributed by atoms with Crippen molar-refractivity contribution < 1.29 is 58.2 Å². The summed E-state index contributed by atoms with van der Waals surface area (Å²) in [6.07, 6.45) is 69.0. The second-order valence-corrected chi connectivity index (χ2v) is 22.7. The molecule has 0 saturated carbocycles. The highest BCUT2D eigenvalue weighted by Gasteiger charge is 2.50. The summed E-state index contributed by atoms with van der Waals surface area (Å²) in [5.41, 5.74) is 0. The van der Waals surface area contributed by atoms with Gasteiger partial charge in [-0.05, 0) is 122 Å². The summed E-state index contributed by atoms with van der Waals surface area (Å²) in [6.45, 7) is 5.82. The van der Waals surface area contributed by atoms with E-state index in [1.807, 2.05) is 6.08 Å². The van der Waals surface area contributed by atoms with Gasteiger partial charge in [0.15, 0.2) is 24.6 Å². The lowest BCUT2D eigenvalue weighted by atomic mass is 9.98. The Morgan fingerprint density at radius 1 is 0.400 bits per heavy atom. The zero-order valence-corrected chi connectivity index (χ0v) is 53.6. The van der Waals surface area contributed by atoms with Gasteiger partial charge in [-0.25, -0.2) is 4.79 Å². The predicted molar refractivity (Wildman–Crippen MR) is 349 cm³/mol. The van der Waals surface area contributed by atoms with Crippen LogP contribution in [-0.2, 0) is 42.9 Å². The van der Waals surface area contributed by atoms with Gasteiger partial charge in [0, 0.05) is 19.3 Å². The number of rotatable bonds is 57. The van der Waals surface area contributed by atoms with E-state index < -0.39 is 67.3 Å². The van der Waals surface area contributed by atoms with Crippen molar-refractivity contribution in [1.82, 2.24) is 0 Å². The minimum Gasteiger partial charge on any atom is -0.479 e. The first-order valence-corrected chi connectivity index (χ1v) is 33.9. The second kappa shape index (κ2) is 59.7. The van der Waals surface area contributed by atoms with Crippen LogP contribution < -0.4 is 0 Å². The number of carbonyl (C=O) groups is 4. The van der Waals surface area contributed by atoms with Crippen molar-refractivity contribution in [1.29, 1.82) is 0 Å². The van der Waals surface area contributed by atoms with Gasteiger partial charge in [0.25, 0.3) is 0 Å². The van der Waals surface area contributed by atoms with Gasteiger partial charge >= 0.3 is 23.9 Å². The number of aliphatic hydroxyl groups is 2. The minimum atomic E-state index is -1.92. The fraction of sp³-hybridized carbons (Fsp3) is 0.699. The van der Waals surface area contributed by atoms with Crippen LogP contribution in [0.4, 0.5) is 0 Å². The summed E-state index contributed by atoms with van der Waals surface area (Å²) >= 11 is 0. The topological polar surface area (TPSA) is 175 Å². The van der Waals surface area contributed by atoms with Crippen LogP contribution in [0.5, 0.6) is 0 Å². The molecule has 12 nitrogen and oxygen atoms in total. The molecular weight excluding hydrogens is 1070 g/mol. The van der Waals surface area contributed by atoms with Crippen LogP contribution in [-0.4, -0.2) is 89.2 Å². The number of aliphatic carboxylic acids is 1. The first-order chi connectivity index (χ1) is 41.6. The number of ether oxygens (including phenoxy) is 5. The third kappa shape index (κ3) is 49.1. The lowest BCUT2D eigenvalue weighted by molar-refractivity contribution is -0.301. The van der Waals surface area contributed by atoms with E-state index in [2.05, 4.69) is 124 Å². The Labute approximate surface area is 516 Å². The van der Waals surface area contributed by atoms with Crippen molar-refractivity contribution in [3.63, 3.8) is 0 Å². The molecule has 0 aliphatic carbocycles. The Hall–Kier alpha value is -4.62. The number of allylic oxidation sites excluding steroid dienone is 18. The van der Waals surface area contributed by atoms with E-state index in [4.69, 9.17) is 23.7 Å². The molecule has 3 N–H and O–H groups in total. The Morgan fingerprint density at radius 2 is 0.753 bits per heavy atom. The smallest absolute Gasteiger partial charge is 0.335 e. The SMILES string of the molecule is CC/C=C\C/C=C\C/C=C\C/C=C\C/C=C\CCCC(=O)OC(COC(=O)CCCCCCCCCCC/C=C\CCCCCCCC)COC1OC(C(=O)O)C(O)C(O)C1OC(=O)CCCCCCCC/C=C\C/C=C\C/C=C\CCCCC. The largest absolute Gasteiger partial charge is 0.479 e. The molecule has 1 aliphatic rings. The molecule has 1 rings (SSSR count). The molecule has 12 heteroatoms. The third-order valence-corrected chi connectivity index (χ3v) is 14.8. The van der Waals surface area contributed by atoms with Crippen molar-refractivity contribution in [2.45, 2.75) is 314 Å². The molecule has 0 bridgehead atoms. The fourth-order valence-corrected chi connectivity index (χ4v) is 9.64. The number of carboxylic acid groups (broad SMARTS) is 1.